The van der Waals surface area contributed by atoms with Crippen molar-refractivity contribution in [3.8, 4) is 0 Å². The molecule has 0 aromatic heterocycles. The van der Waals surface area contributed by atoms with Gasteiger partial charge in [0.05, 0.1) is 19.3 Å². The summed E-state index contributed by atoms with van der Waals surface area (Å²) < 4.78 is 11.2. The smallest absolute Gasteiger partial charge is 0.0725 e. The van der Waals surface area contributed by atoms with Crippen LogP contribution in [0.25, 0.3) is 0 Å². The van der Waals surface area contributed by atoms with Gasteiger partial charge in [0, 0.05) is 12.6 Å². The third-order valence-corrected chi connectivity index (χ3v) is 4.66. The Morgan fingerprint density at radius 1 is 1.30 bits per heavy atom. The fourth-order valence-electron chi connectivity index (χ4n) is 3.40. The molecule has 2 aliphatic rings. The highest BCUT2D eigenvalue weighted by molar-refractivity contribution is 5.34. The fraction of sp³-hybridized carbons (Fsp3) is 0.647. The van der Waals surface area contributed by atoms with Gasteiger partial charge in [-0.2, -0.15) is 0 Å². The second kappa shape index (κ2) is 6.25. The fourth-order valence-corrected chi connectivity index (χ4v) is 3.40. The molecule has 1 saturated carbocycles. The summed E-state index contributed by atoms with van der Waals surface area (Å²) in [5.74, 6) is 0.800. The van der Waals surface area contributed by atoms with Crippen LogP contribution in [0.5, 0.6) is 0 Å². The highest BCUT2D eigenvalue weighted by Crippen LogP contribution is 2.37. The normalized spacial score (nSPS) is 26.1. The van der Waals surface area contributed by atoms with Gasteiger partial charge in [-0.25, -0.2) is 0 Å². The second-order valence-electron chi connectivity index (χ2n) is 6.01. The first-order valence-corrected chi connectivity index (χ1v) is 7.78. The Labute approximate surface area is 121 Å². The van der Waals surface area contributed by atoms with Gasteiger partial charge < -0.3 is 14.8 Å². The average Bonchev–Trinajstić information content (AvgIpc) is 2.88. The molecule has 3 nitrogen and oxygen atoms in total. The summed E-state index contributed by atoms with van der Waals surface area (Å²) in [6.07, 6.45) is 4.16. The van der Waals surface area contributed by atoms with Crippen molar-refractivity contribution in [2.45, 2.75) is 51.5 Å². The van der Waals surface area contributed by atoms with E-state index in [-0.39, 0.29) is 0 Å². The SMILES string of the molecule is CCOC1CC(CC(NC)c2ccc3c(c2)COC3)C1. The van der Waals surface area contributed by atoms with Crippen LogP contribution in [-0.4, -0.2) is 19.8 Å². The lowest BCUT2D eigenvalue weighted by molar-refractivity contribution is -0.0289. The highest BCUT2D eigenvalue weighted by atomic mass is 16.5. The van der Waals surface area contributed by atoms with Gasteiger partial charge in [0.15, 0.2) is 0 Å². The molecule has 0 saturated heterocycles. The summed E-state index contributed by atoms with van der Waals surface area (Å²) in [6.45, 7) is 4.47. The topological polar surface area (TPSA) is 30.5 Å². The Balaban J connectivity index is 1.60. The molecule has 1 unspecified atom stereocenters. The van der Waals surface area contributed by atoms with E-state index in [4.69, 9.17) is 9.47 Å². The minimum atomic E-state index is 0.452. The largest absolute Gasteiger partial charge is 0.378 e. The molecule has 20 heavy (non-hydrogen) atoms. The van der Waals surface area contributed by atoms with Gasteiger partial charge in [-0.15, -0.1) is 0 Å². The maximum atomic E-state index is 5.65. The van der Waals surface area contributed by atoms with Crippen molar-refractivity contribution in [2.24, 2.45) is 5.92 Å². The van der Waals surface area contributed by atoms with Crippen LogP contribution in [0.4, 0.5) is 0 Å². The molecule has 110 valence electrons. The molecule has 3 rings (SSSR count). The maximum absolute atomic E-state index is 5.65. The predicted octanol–water partition coefficient (Wildman–Crippen LogP) is 3.18. The van der Waals surface area contributed by atoms with Crippen molar-refractivity contribution in [1.82, 2.24) is 5.32 Å². The highest BCUT2D eigenvalue weighted by Gasteiger charge is 2.31. The number of hydrogen-bond acceptors (Lipinski definition) is 3. The van der Waals surface area contributed by atoms with Gasteiger partial charge in [-0.05, 0) is 55.8 Å². The molecule has 1 atom stereocenters. The molecule has 1 aliphatic heterocycles. The van der Waals surface area contributed by atoms with Gasteiger partial charge in [0.1, 0.15) is 0 Å². The monoisotopic (exact) mass is 275 g/mol. The minimum Gasteiger partial charge on any atom is -0.378 e. The Hall–Kier alpha value is -0.900. The van der Waals surface area contributed by atoms with Crippen LogP contribution < -0.4 is 5.32 Å². The molecule has 0 radical (unpaired) electrons. The lowest BCUT2D eigenvalue weighted by Crippen LogP contribution is -2.34. The van der Waals surface area contributed by atoms with Crippen LogP contribution in [-0.2, 0) is 22.7 Å². The van der Waals surface area contributed by atoms with Crippen molar-refractivity contribution < 1.29 is 9.47 Å². The van der Waals surface area contributed by atoms with E-state index in [1.54, 1.807) is 0 Å². The molecule has 0 amide bonds. The number of hydrogen-bond donors (Lipinski definition) is 1. The van der Waals surface area contributed by atoms with Crippen LogP contribution in [0.15, 0.2) is 18.2 Å². The number of fused-ring (bicyclic) bond motifs is 1. The van der Waals surface area contributed by atoms with E-state index in [9.17, 15) is 0 Å². The molecular formula is C17H25NO2. The van der Waals surface area contributed by atoms with Crippen molar-refractivity contribution in [3.05, 3.63) is 34.9 Å². The predicted molar refractivity (Wildman–Crippen MR) is 79.5 cm³/mol. The van der Waals surface area contributed by atoms with E-state index in [2.05, 4.69) is 37.5 Å². The van der Waals surface area contributed by atoms with Crippen molar-refractivity contribution >= 4 is 0 Å². The molecule has 1 aromatic rings. The lowest BCUT2D eigenvalue weighted by Gasteiger charge is -2.37. The van der Waals surface area contributed by atoms with Crippen LogP contribution >= 0.6 is 0 Å². The maximum Gasteiger partial charge on any atom is 0.0725 e. The molecule has 1 aliphatic carbocycles. The zero-order valence-corrected chi connectivity index (χ0v) is 12.5. The number of nitrogens with one attached hydrogen (secondary N) is 1. The summed E-state index contributed by atoms with van der Waals surface area (Å²) >= 11 is 0. The van der Waals surface area contributed by atoms with Crippen molar-refractivity contribution in [2.75, 3.05) is 13.7 Å². The lowest BCUT2D eigenvalue weighted by atomic mass is 9.77. The second-order valence-corrected chi connectivity index (χ2v) is 6.01. The Bertz CT molecular complexity index is 454. The first-order valence-electron chi connectivity index (χ1n) is 7.78. The van der Waals surface area contributed by atoms with Crippen LogP contribution in [0.1, 0.15) is 48.9 Å². The number of ether oxygens (including phenoxy) is 2. The van der Waals surface area contributed by atoms with Crippen LogP contribution in [0, 0.1) is 5.92 Å². The number of benzene rings is 1. The summed E-state index contributed by atoms with van der Waals surface area (Å²) in [7, 11) is 2.06. The molecule has 3 heteroatoms. The molecular weight excluding hydrogens is 250 g/mol. The third kappa shape index (κ3) is 2.90. The average molecular weight is 275 g/mol. The summed E-state index contributed by atoms with van der Waals surface area (Å²) in [5.41, 5.74) is 4.11. The van der Waals surface area contributed by atoms with Gasteiger partial charge in [-0.3, -0.25) is 0 Å². The zero-order valence-electron chi connectivity index (χ0n) is 12.5. The molecule has 0 bridgehead atoms. The summed E-state index contributed by atoms with van der Waals surface area (Å²) in [4.78, 5) is 0. The van der Waals surface area contributed by atoms with Crippen LogP contribution in [0.3, 0.4) is 0 Å². The van der Waals surface area contributed by atoms with E-state index >= 15 is 0 Å². The Morgan fingerprint density at radius 2 is 2.10 bits per heavy atom. The van der Waals surface area contributed by atoms with Gasteiger partial charge in [0.2, 0.25) is 0 Å². The summed E-state index contributed by atoms with van der Waals surface area (Å²) in [5, 5.41) is 3.47. The number of rotatable bonds is 6. The molecule has 1 aromatic carbocycles. The standard InChI is InChI=1S/C17H25NO2/c1-3-20-16-6-12(7-16)8-17(18-2)13-4-5-14-10-19-11-15(14)9-13/h4-5,9,12,16-18H,3,6-8,10-11H2,1-2H3. The van der Waals surface area contributed by atoms with E-state index in [1.807, 2.05) is 0 Å². The minimum absolute atomic E-state index is 0.452. The third-order valence-electron chi connectivity index (χ3n) is 4.66. The van der Waals surface area contributed by atoms with Gasteiger partial charge >= 0.3 is 0 Å². The van der Waals surface area contributed by atoms with E-state index in [1.165, 1.54) is 36.0 Å². The van der Waals surface area contributed by atoms with Gasteiger partial charge in [0.25, 0.3) is 0 Å². The molecule has 1 fully saturated rings. The van der Waals surface area contributed by atoms with E-state index in [0.717, 1.165) is 25.7 Å². The quantitative estimate of drug-likeness (QED) is 0.865. The molecule has 1 N–H and O–H groups in total. The van der Waals surface area contributed by atoms with Gasteiger partial charge in [-0.1, -0.05) is 18.2 Å². The zero-order chi connectivity index (χ0) is 13.9. The first-order chi connectivity index (χ1) is 9.80. The van der Waals surface area contributed by atoms with Crippen LogP contribution in [0.2, 0.25) is 0 Å². The first kappa shape index (κ1) is 14.1. The molecule has 0 spiro atoms. The van der Waals surface area contributed by atoms with Crippen molar-refractivity contribution in [3.63, 3.8) is 0 Å². The molecule has 1 heterocycles. The summed E-state index contributed by atoms with van der Waals surface area (Å²) in [6, 6.07) is 7.26. The Kier molecular flexibility index (Phi) is 4.39. The van der Waals surface area contributed by atoms with E-state index in [0.29, 0.717) is 12.1 Å². The Morgan fingerprint density at radius 3 is 2.85 bits per heavy atom. The van der Waals surface area contributed by atoms with Crippen molar-refractivity contribution in [1.29, 1.82) is 0 Å². The van der Waals surface area contributed by atoms with E-state index < -0.39 is 0 Å².